The molecule has 0 bridgehead atoms. The first-order valence-corrected chi connectivity index (χ1v) is 9.49. The van der Waals surface area contributed by atoms with Crippen LogP contribution in [0.1, 0.15) is 5.56 Å². The highest BCUT2D eigenvalue weighted by atomic mass is 32.3. The Bertz CT molecular complexity index is 872. The highest BCUT2D eigenvalue weighted by Crippen LogP contribution is 2.20. The number of halogens is 1. The molecule has 0 aliphatic carbocycles. The van der Waals surface area contributed by atoms with E-state index in [4.69, 9.17) is 4.74 Å². The number of rotatable bonds is 6. The second kappa shape index (κ2) is 6.55. The average molecular weight is 360 g/mol. The van der Waals surface area contributed by atoms with Gasteiger partial charge in [0.05, 0.1) is 4.90 Å². The molecule has 0 unspecified atom stereocenters. The van der Waals surface area contributed by atoms with Crippen molar-refractivity contribution in [2.75, 3.05) is 6.26 Å². The van der Waals surface area contributed by atoms with E-state index in [1.54, 1.807) is 12.1 Å². The quantitative estimate of drug-likeness (QED) is 0.735. The van der Waals surface area contributed by atoms with Crippen LogP contribution in [0.25, 0.3) is 0 Å². The Morgan fingerprint density at radius 1 is 0.870 bits per heavy atom. The number of hydrogen-bond acceptors (Lipinski definition) is 6. The van der Waals surface area contributed by atoms with Gasteiger partial charge in [-0.25, -0.2) is 8.42 Å². The molecule has 9 heteroatoms. The summed E-state index contributed by atoms with van der Waals surface area (Å²) >= 11 is 0. The molecule has 23 heavy (non-hydrogen) atoms. The maximum Gasteiger partial charge on any atom is 0.488 e. The fourth-order valence-electron chi connectivity index (χ4n) is 1.71. The van der Waals surface area contributed by atoms with Crippen LogP contribution in [-0.2, 0) is 26.9 Å². The standard InChI is InChI=1S/C14H13FO6S2/c1-22(16,17)14-8-2-11(3-9-14)10-20-12-4-6-13(7-5-12)21-23(15,18)19/h2-9H,10H2,1H3. The van der Waals surface area contributed by atoms with Gasteiger partial charge in [-0.3, -0.25) is 0 Å². The van der Waals surface area contributed by atoms with Crippen LogP contribution in [0.5, 0.6) is 11.5 Å². The van der Waals surface area contributed by atoms with E-state index < -0.39 is 20.3 Å². The van der Waals surface area contributed by atoms with Gasteiger partial charge in [0, 0.05) is 6.26 Å². The minimum atomic E-state index is -5.05. The van der Waals surface area contributed by atoms with Gasteiger partial charge in [0.1, 0.15) is 18.1 Å². The lowest BCUT2D eigenvalue weighted by Gasteiger charge is -2.07. The largest absolute Gasteiger partial charge is 0.489 e. The first kappa shape index (κ1) is 17.2. The summed E-state index contributed by atoms with van der Waals surface area (Å²) in [6.45, 7) is 0.186. The molecule has 2 rings (SSSR count). The molecule has 0 aliphatic rings. The summed E-state index contributed by atoms with van der Waals surface area (Å²) in [5.41, 5.74) is 0.754. The Kier molecular flexibility index (Phi) is 4.90. The summed E-state index contributed by atoms with van der Waals surface area (Å²) in [5.74, 6) is 0.248. The Labute approximate surface area is 133 Å². The molecule has 0 radical (unpaired) electrons. The van der Waals surface area contributed by atoms with Crippen molar-refractivity contribution in [1.29, 1.82) is 0 Å². The minimum absolute atomic E-state index is 0.169. The third kappa shape index (κ3) is 5.53. The summed E-state index contributed by atoms with van der Waals surface area (Å²) in [6.07, 6.45) is 1.12. The van der Waals surface area contributed by atoms with Crippen LogP contribution < -0.4 is 8.92 Å². The summed E-state index contributed by atoms with van der Waals surface area (Å²) in [6, 6.07) is 11.6. The number of hydrogen-bond donors (Lipinski definition) is 0. The second-order valence-electron chi connectivity index (χ2n) is 4.65. The van der Waals surface area contributed by atoms with Crippen LogP contribution in [-0.4, -0.2) is 23.1 Å². The molecule has 0 saturated heterocycles. The van der Waals surface area contributed by atoms with E-state index in [0.717, 1.165) is 11.8 Å². The van der Waals surface area contributed by atoms with Gasteiger partial charge in [-0.1, -0.05) is 16.0 Å². The molecule has 2 aromatic carbocycles. The molecule has 2 aromatic rings. The molecule has 124 valence electrons. The normalized spacial score (nSPS) is 11.9. The Morgan fingerprint density at radius 2 is 1.39 bits per heavy atom. The van der Waals surface area contributed by atoms with Crippen LogP contribution >= 0.6 is 0 Å². The van der Waals surface area contributed by atoms with Crippen LogP contribution in [0.3, 0.4) is 0 Å². The van der Waals surface area contributed by atoms with E-state index in [2.05, 4.69) is 4.18 Å². The molecular formula is C14H13FO6S2. The van der Waals surface area contributed by atoms with E-state index >= 15 is 0 Å². The van der Waals surface area contributed by atoms with Crippen molar-refractivity contribution in [3.8, 4) is 11.5 Å². The molecule has 0 fully saturated rings. The van der Waals surface area contributed by atoms with Crippen molar-refractivity contribution >= 4 is 20.3 Å². The maximum absolute atomic E-state index is 12.3. The molecule has 0 heterocycles. The highest BCUT2D eigenvalue weighted by molar-refractivity contribution is 7.90. The van der Waals surface area contributed by atoms with E-state index in [9.17, 15) is 20.7 Å². The fraction of sp³-hybridized carbons (Fsp3) is 0.143. The topological polar surface area (TPSA) is 86.7 Å². The maximum atomic E-state index is 12.3. The van der Waals surface area contributed by atoms with Crippen molar-refractivity contribution in [2.45, 2.75) is 11.5 Å². The van der Waals surface area contributed by atoms with Crippen molar-refractivity contribution in [2.24, 2.45) is 0 Å². The van der Waals surface area contributed by atoms with Gasteiger partial charge in [0.25, 0.3) is 0 Å². The Hall–Kier alpha value is -2.13. The van der Waals surface area contributed by atoms with Crippen LogP contribution in [0, 0.1) is 0 Å². The molecule has 0 atom stereocenters. The van der Waals surface area contributed by atoms with E-state index in [1.165, 1.54) is 36.4 Å². The lowest BCUT2D eigenvalue weighted by molar-refractivity contribution is 0.306. The van der Waals surface area contributed by atoms with Gasteiger partial charge in [0.15, 0.2) is 9.84 Å². The molecular weight excluding hydrogens is 347 g/mol. The zero-order valence-corrected chi connectivity index (χ0v) is 13.6. The van der Waals surface area contributed by atoms with E-state index in [-0.39, 0.29) is 17.3 Å². The third-order valence-electron chi connectivity index (χ3n) is 2.78. The van der Waals surface area contributed by atoms with Gasteiger partial charge >= 0.3 is 10.5 Å². The number of ether oxygens (including phenoxy) is 1. The first-order chi connectivity index (χ1) is 10.6. The predicted octanol–water partition coefficient (Wildman–Crippen LogP) is 2.26. The number of sulfone groups is 1. The summed E-state index contributed by atoms with van der Waals surface area (Å²) in [5, 5.41) is 0. The molecule has 0 spiro atoms. The number of benzene rings is 2. The Morgan fingerprint density at radius 3 is 1.87 bits per heavy atom. The molecule has 0 N–H and O–H groups in total. The zero-order chi connectivity index (χ0) is 17.1. The minimum Gasteiger partial charge on any atom is -0.489 e. The smallest absolute Gasteiger partial charge is 0.488 e. The zero-order valence-electron chi connectivity index (χ0n) is 12.0. The molecule has 0 aliphatic heterocycles. The summed E-state index contributed by atoms with van der Waals surface area (Å²) in [7, 11) is -8.29. The van der Waals surface area contributed by atoms with Crippen LogP contribution in [0.15, 0.2) is 53.4 Å². The lowest BCUT2D eigenvalue weighted by atomic mass is 10.2. The van der Waals surface area contributed by atoms with Gasteiger partial charge in [0.2, 0.25) is 0 Å². The van der Waals surface area contributed by atoms with Gasteiger partial charge in [-0.2, -0.15) is 8.42 Å². The molecule has 0 saturated carbocycles. The average Bonchev–Trinajstić information content (AvgIpc) is 2.44. The van der Waals surface area contributed by atoms with Crippen molar-refractivity contribution in [1.82, 2.24) is 0 Å². The highest BCUT2D eigenvalue weighted by Gasteiger charge is 2.09. The van der Waals surface area contributed by atoms with Gasteiger partial charge in [-0.05, 0) is 42.0 Å². The van der Waals surface area contributed by atoms with Crippen molar-refractivity contribution < 1.29 is 29.6 Å². The first-order valence-electron chi connectivity index (χ1n) is 6.29. The SMILES string of the molecule is CS(=O)(=O)c1ccc(COc2ccc(OS(=O)(=O)F)cc2)cc1. The lowest BCUT2D eigenvalue weighted by Crippen LogP contribution is -2.01. The van der Waals surface area contributed by atoms with Gasteiger partial charge in [-0.15, -0.1) is 0 Å². The molecule has 0 amide bonds. The van der Waals surface area contributed by atoms with Crippen LogP contribution in [0.2, 0.25) is 0 Å². The summed E-state index contributed by atoms with van der Waals surface area (Å²) < 4.78 is 65.2. The van der Waals surface area contributed by atoms with Crippen molar-refractivity contribution in [3.63, 3.8) is 0 Å². The molecule has 0 aromatic heterocycles. The second-order valence-corrected chi connectivity index (χ2v) is 7.62. The summed E-state index contributed by atoms with van der Waals surface area (Å²) in [4.78, 5) is 0.218. The predicted molar refractivity (Wildman–Crippen MR) is 81.0 cm³/mol. The van der Waals surface area contributed by atoms with Crippen LogP contribution in [0.4, 0.5) is 3.89 Å². The van der Waals surface area contributed by atoms with Crippen molar-refractivity contribution in [3.05, 3.63) is 54.1 Å². The Balaban J connectivity index is 1.98. The fourth-order valence-corrected chi connectivity index (χ4v) is 2.68. The van der Waals surface area contributed by atoms with Gasteiger partial charge < -0.3 is 8.92 Å². The third-order valence-corrected chi connectivity index (χ3v) is 4.30. The molecule has 6 nitrogen and oxygen atoms in total. The monoisotopic (exact) mass is 360 g/mol. The van der Waals surface area contributed by atoms with E-state index in [0.29, 0.717) is 5.75 Å². The van der Waals surface area contributed by atoms with E-state index in [1.807, 2.05) is 0 Å².